The van der Waals surface area contributed by atoms with Crippen LogP contribution in [0.3, 0.4) is 0 Å². The number of carbonyl (C=O) groups excluding carboxylic acids is 1. The van der Waals surface area contributed by atoms with E-state index in [4.69, 9.17) is 20.8 Å². The molecular formula is C16H18ClNO4. The van der Waals surface area contributed by atoms with E-state index in [1.165, 1.54) is 12.1 Å². The third kappa shape index (κ3) is 4.01. The minimum Gasteiger partial charge on any atom is -0.482 e. The average molecular weight is 324 g/mol. The molecule has 0 spiro atoms. The maximum absolute atomic E-state index is 11.7. The van der Waals surface area contributed by atoms with Crippen molar-refractivity contribution in [2.75, 3.05) is 13.2 Å². The molecule has 6 heteroatoms. The summed E-state index contributed by atoms with van der Waals surface area (Å²) in [5, 5.41) is 3.85. The van der Waals surface area contributed by atoms with Crippen LogP contribution in [0.1, 0.15) is 19.4 Å². The SMILES string of the molecule is Cc1cc(=O)oc2cc(OCC(=O)NCC(C)C)c(Cl)cc12. The van der Waals surface area contributed by atoms with Crippen LogP contribution < -0.4 is 15.7 Å². The van der Waals surface area contributed by atoms with Crippen molar-refractivity contribution in [3.05, 3.63) is 39.2 Å². The summed E-state index contributed by atoms with van der Waals surface area (Å²) < 4.78 is 10.5. The largest absolute Gasteiger partial charge is 0.482 e. The fourth-order valence-electron chi connectivity index (χ4n) is 1.94. The fraction of sp³-hybridized carbons (Fsp3) is 0.375. The van der Waals surface area contributed by atoms with Crippen molar-refractivity contribution in [3.8, 4) is 5.75 Å². The predicted molar refractivity (Wildman–Crippen MR) is 85.6 cm³/mol. The van der Waals surface area contributed by atoms with E-state index in [2.05, 4.69) is 5.32 Å². The number of hydrogen-bond acceptors (Lipinski definition) is 4. The molecule has 118 valence electrons. The van der Waals surface area contributed by atoms with Crippen molar-refractivity contribution < 1.29 is 13.9 Å². The highest BCUT2D eigenvalue weighted by atomic mass is 35.5. The van der Waals surface area contributed by atoms with Crippen molar-refractivity contribution in [3.63, 3.8) is 0 Å². The van der Waals surface area contributed by atoms with Crippen molar-refractivity contribution in [2.45, 2.75) is 20.8 Å². The first kappa shape index (κ1) is 16.4. The molecule has 0 bridgehead atoms. The number of amides is 1. The van der Waals surface area contributed by atoms with Crippen LogP contribution in [0.5, 0.6) is 5.75 Å². The second-order valence-corrected chi connectivity index (χ2v) is 5.92. The number of nitrogens with one attached hydrogen (secondary N) is 1. The summed E-state index contributed by atoms with van der Waals surface area (Å²) in [6, 6.07) is 4.59. The van der Waals surface area contributed by atoms with Gasteiger partial charge in [0.2, 0.25) is 0 Å². The number of fused-ring (bicyclic) bond motifs is 1. The molecule has 2 aromatic rings. The van der Waals surface area contributed by atoms with E-state index in [9.17, 15) is 9.59 Å². The van der Waals surface area contributed by atoms with Gasteiger partial charge in [-0.1, -0.05) is 25.4 Å². The predicted octanol–water partition coefficient (Wildman–Crippen LogP) is 2.91. The zero-order valence-electron chi connectivity index (χ0n) is 12.7. The smallest absolute Gasteiger partial charge is 0.336 e. The Balaban J connectivity index is 2.16. The van der Waals surface area contributed by atoms with E-state index in [1.54, 1.807) is 13.0 Å². The Bertz CT molecular complexity index is 752. The fourth-order valence-corrected chi connectivity index (χ4v) is 2.16. The van der Waals surface area contributed by atoms with Crippen LogP contribution in [0, 0.1) is 12.8 Å². The van der Waals surface area contributed by atoms with Gasteiger partial charge in [-0.15, -0.1) is 0 Å². The van der Waals surface area contributed by atoms with Crippen molar-refractivity contribution >= 4 is 28.5 Å². The lowest BCUT2D eigenvalue weighted by atomic mass is 10.1. The van der Waals surface area contributed by atoms with E-state index in [1.807, 2.05) is 13.8 Å². The van der Waals surface area contributed by atoms with E-state index < -0.39 is 5.63 Å². The molecule has 1 N–H and O–H groups in total. The van der Waals surface area contributed by atoms with Crippen molar-refractivity contribution in [1.29, 1.82) is 0 Å². The van der Waals surface area contributed by atoms with Crippen LogP contribution in [0.4, 0.5) is 0 Å². The van der Waals surface area contributed by atoms with Gasteiger partial charge in [0.15, 0.2) is 6.61 Å². The summed E-state index contributed by atoms with van der Waals surface area (Å²) in [6.45, 7) is 6.25. The first-order valence-corrected chi connectivity index (χ1v) is 7.38. The Hall–Kier alpha value is -2.01. The van der Waals surface area contributed by atoms with Crippen LogP contribution in [0.25, 0.3) is 11.0 Å². The molecule has 0 unspecified atom stereocenters. The summed E-state index contributed by atoms with van der Waals surface area (Å²) in [7, 11) is 0. The lowest BCUT2D eigenvalue weighted by Crippen LogP contribution is -2.31. The molecule has 0 aliphatic heterocycles. The monoisotopic (exact) mass is 323 g/mol. The Labute approximate surface area is 133 Å². The number of rotatable bonds is 5. The van der Waals surface area contributed by atoms with Gasteiger partial charge < -0.3 is 14.5 Å². The summed E-state index contributed by atoms with van der Waals surface area (Å²) in [5.74, 6) is 0.448. The molecule has 0 saturated carbocycles. The van der Waals surface area contributed by atoms with Gasteiger partial charge in [-0.2, -0.15) is 0 Å². The van der Waals surface area contributed by atoms with Crippen LogP contribution in [-0.2, 0) is 4.79 Å². The molecule has 0 aliphatic rings. The van der Waals surface area contributed by atoms with E-state index in [-0.39, 0.29) is 12.5 Å². The second-order valence-electron chi connectivity index (χ2n) is 5.51. The molecule has 1 amide bonds. The highest BCUT2D eigenvalue weighted by Crippen LogP contribution is 2.30. The molecule has 0 fully saturated rings. The molecule has 1 aromatic carbocycles. The van der Waals surface area contributed by atoms with Crippen LogP contribution in [0.15, 0.2) is 27.4 Å². The van der Waals surface area contributed by atoms with E-state index >= 15 is 0 Å². The zero-order chi connectivity index (χ0) is 16.3. The maximum Gasteiger partial charge on any atom is 0.336 e. The molecule has 2 rings (SSSR count). The molecule has 1 heterocycles. The zero-order valence-corrected chi connectivity index (χ0v) is 13.5. The minimum absolute atomic E-state index is 0.145. The number of hydrogen-bond donors (Lipinski definition) is 1. The standard InChI is InChI=1S/C16H18ClNO4/c1-9(2)7-18-15(19)8-21-14-6-13-11(5-12(14)17)10(3)4-16(20)22-13/h4-6,9H,7-8H2,1-3H3,(H,18,19). The van der Waals surface area contributed by atoms with E-state index in [0.29, 0.717) is 28.8 Å². The van der Waals surface area contributed by atoms with Crippen molar-refractivity contribution in [2.24, 2.45) is 5.92 Å². The summed E-state index contributed by atoms with van der Waals surface area (Å²) >= 11 is 6.15. The van der Waals surface area contributed by atoms with Crippen LogP contribution in [0.2, 0.25) is 5.02 Å². The molecule has 22 heavy (non-hydrogen) atoms. The highest BCUT2D eigenvalue weighted by Gasteiger charge is 2.11. The van der Waals surface area contributed by atoms with Crippen molar-refractivity contribution in [1.82, 2.24) is 5.32 Å². The maximum atomic E-state index is 11.7. The van der Waals surface area contributed by atoms with Gasteiger partial charge in [-0.3, -0.25) is 4.79 Å². The number of ether oxygens (including phenoxy) is 1. The van der Waals surface area contributed by atoms with Gasteiger partial charge in [0.25, 0.3) is 5.91 Å². The minimum atomic E-state index is -0.437. The Morgan fingerprint density at radius 1 is 1.36 bits per heavy atom. The summed E-state index contributed by atoms with van der Waals surface area (Å²) in [5.41, 5.74) is 0.717. The van der Waals surface area contributed by atoms with Gasteiger partial charge in [0.05, 0.1) is 5.02 Å². The second kappa shape index (κ2) is 6.83. The molecule has 0 radical (unpaired) electrons. The van der Waals surface area contributed by atoms with Crippen LogP contribution >= 0.6 is 11.6 Å². The molecule has 0 aliphatic carbocycles. The number of benzene rings is 1. The Kier molecular flexibility index (Phi) is 5.08. The summed E-state index contributed by atoms with van der Waals surface area (Å²) in [4.78, 5) is 23.1. The Morgan fingerprint density at radius 3 is 2.77 bits per heavy atom. The third-order valence-corrected chi connectivity index (χ3v) is 3.37. The van der Waals surface area contributed by atoms with Gasteiger partial charge in [0, 0.05) is 24.1 Å². The number of carbonyl (C=O) groups is 1. The third-order valence-electron chi connectivity index (χ3n) is 3.07. The topological polar surface area (TPSA) is 68.5 Å². The average Bonchev–Trinajstić information content (AvgIpc) is 2.43. The first-order chi connectivity index (χ1) is 10.4. The highest BCUT2D eigenvalue weighted by molar-refractivity contribution is 6.32. The molecule has 5 nitrogen and oxygen atoms in total. The van der Waals surface area contributed by atoms with E-state index in [0.717, 1.165) is 10.9 Å². The molecular weight excluding hydrogens is 306 g/mol. The first-order valence-electron chi connectivity index (χ1n) is 7.00. The van der Waals surface area contributed by atoms with Gasteiger partial charge in [0.1, 0.15) is 11.3 Å². The molecule has 0 atom stereocenters. The molecule has 0 saturated heterocycles. The summed E-state index contributed by atoms with van der Waals surface area (Å²) in [6.07, 6.45) is 0. The Morgan fingerprint density at radius 2 is 2.09 bits per heavy atom. The van der Waals surface area contributed by atoms with Crippen LogP contribution in [-0.4, -0.2) is 19.1 Å². The lowest BCUT2D eigenvalue weighted by Gasteiger charge is -2.11. The normalized spacial score (nSPS) is 11.0. The number of halogens is 1. The van der Waals surface area contributed by atoms with Gasteiger partial charge in [-0.25, -0.2) is 4.79 Å². The molecule has 1 aromatic heterocycles. The number of aryl methyl sites for hydroxylation is 1. The van der Waals surface area contributed by atoms with Gasteiger partial charge in [-0.05, 0) is 24.5 Å². The van der Waals surface area contributed by atoms with Gasteiger partial charge >= 0.3 is 5.63 Å². The lowest BCUT2D eigenvalue weighted by molar-refractivity contribution is -0.123. The quantitative estimate of drug-likeness (QED) is 0.859.